The fraction of sp³-hybridized carbons (Fsp3) is 0.353. The average Bonchev–Trinajstić information content (AvgIpc) is 3.19. The zero-order valence-corrected chi connectivity index (χ0v) is 15.2. The normalized spacial score (nSPS) is 24.1. The monoisotopic (exact) mass is 386 g/mol. The molecule has 140 valence electrons. The number of carbonyl (C=O) groups is 2. The van der Waals surface area contributed by atoms with Gasteiger partial charge in [-0.3, -0.25) is 4.79 Å². The summed E-state index contributed by atoms with van der Waals surface area (Å²) in [4.78, 5) is 37.8. The molecule has 1 aromatic carbocycles. The van der Waals surface area contributed by atoms with Crippen LogP contribution < -0.4 is 11.5 Å². The van der Waals surface area contributed by atoms with Crippen LogP contribution in [0.2, 0.25) is 0 Å². The topological polar surface area (TPSA) is 137 Å². The number of nitrogen functional groups attached to an aromatic ring is 2. The fourth-order valence-electron chi connectivity index (χ4n) is 3.57. The van der Waals surface area contributed by atoms with Crippen LogP contribution >= 0.6 is 11.8 Å². The first-order valence-electron chi connectivity index (χ1n) is 8.44. The number of esters is 1. The van der Waals surface area contributed by atoms with Gasteiger partial charge in [-0.15, -0.1) is 11.8 Å². The molecule has 4 N–H and O–H groups in total. The van der Waals surface area contributed by atoms with Crippen molar-refractivity contribution < 1.29 is 14.3 Å². The Morgan fingerprint density at radius 3 is 2.63 bits per heavy atom. The zero-order valence-electron chi connectivity index (χ0n) is 14.4. The largest absolute Gasteiger partial charge is 0.456 e. The van der Waals surface area contributed by atoms with Gasteiger partial charge in [0.1, 0.15) is 10.9 Å². The van der Waals surface area contributed by atoms with Crippen LogP contribution in [0.1, 0.15) is 24.2 Å². The second-order valence-corrected chi connectivity index (χ2v) is 7.61. The maximum Gasteiger partial charge on any atom is 0.330 e. The summed E-state index contributed by atoms with van der Waals surface area (Å²) in [6.45, 7) is -0.183. The molecule has 2 aliphatic rings. The summed E-state index contributed by atoms with van der Waals surface area (Å²) < 4.78 is 5.35. The van der Waals surface area contributed by atoms with E-state index in [1.807, 2.05) is 30.3 Å². The van der Waals surface area contributed by atoms with Crippen molar-refractivity contribution in [2.75, 3.05) is 17.2 Å². The van der Waals surface area contributed by atoms with Crippen LogP contribution in [-0.2, 0) is 25.8 Å². The summed E-state index contributed by atoms with van der Waals surface area (Å²) in [6, 6.07) is 9.13. The molecule has 1 amide bonds. The molecule has 2 atom stereocenters. The first-order chi connectivity index (χ1) is 13.0. The SMILES string of the molecule is Nc1nc(N)nc(COC(=O)[C@H]2CS[C@]3(c4ccccc4)CCC(=O)N23)n1. The van der Waals surface area contributed by atoms with Gasteiger partial charge in [0.2, 0.25) is 17.8 Å². The molecule has 2 aromatic rings. The highest BCUT2D eigenvalue weighted by atomic mass is 32.2. The standard InChI is InChI=1S/C17H18N6O3S/c18-15-20-12(21-16(19)22-15)8-26-14(25)11-9-27-17(7-6-13(24)23(11)17)10-4-2-1-3-5-10/h1-5,11H,6-9H2,(H4,18,19,20,21,22)/t11-,17+/m1/s1. The maximum atomic E-state index is 12.7. The highest BCUT2D eigenvalue weighted by Crippen LogP contribution is 2.54. The lowest BCUT2D eigenvalue weighted by Crippen LogP contribution is -2.46. The van der Waals surface area contributed by atoms with E-state index in [4.69, 9.17) is 16.2 Å². The fourth-order valence-corrected chi connectivity index (χ4v) is 5.21. The summed E-state index contributed by atoms with van der Waals surface area (Å²) in [5, 5.41) is 0. The van der Waals surface area contributed by atoms with Crippen LogP contribution in [0, 0.1) is 0 Å². The van der Waals surface area contributed by atoms with E-state index >= 15 is 0 Å². The molecule has 2 aliphatic heterocycles. The van der Waals surface area contributed by atoms with Gasteiger partial charge in [-0.05, 0) is 12.0 Å². The van der Waals surface area contributed by atoms with E-state index in [-0.39, 0.29) is 30.2 Å². The number of hydrogen-bond acceptors (Lipinski definition) is 9. The molecule has 1 aromatic heterocycles. The number of fused-ring (bicyclic) bond motifs is 1. The lowest BCUT2D eigenvalue weighted by Gasteiger charge is -2.33. The Balaban J connectivity index is 1.52. The Morgan fingerprint density at radius 1 is 1.22 bits per heavy atom. The van der Waals surface area contributed by atoms with E-state index in [1.54, 1.807) is 16.7 Å². The molecule has 9 nitrogen and oxygen atoms in total. The van der Waals surface area contributed by atoms with Crippen LogP contribution in [-0.4, -0.2) is 43.5 Å². The highest BCUT2D eigenvalue weighted by Gasteiger charge is 2.57. The predicted octanol–water partition coefficient (Wildman–Crippen LogP) is 0.670. The molecule has 3 heterocycles. The van der Waals surface area contributed by atoms with Crippen LogP contribution in [0.25, 0.3) is 0 Å². The molecular formula is C17H18N6O3S. The predicted molar refractivity (Wildman–Crippen MR) is 98.9 cm³/mol. The number of nitrogens with zero attached hydrogens (tertiary/aromatic N) is 4. The minimum Gasteiger partial charge on any atom is -0.456 e. The van der Waals surface area contributed by atoms with E-state index in [1.165, 1.54) is 0 Å². The first kappa shape index (κ1) is 17.5. The van der Waals surface area contributed by atoms with Gasteiger partial charge >= 0.3 is 5.97 Å². The van der Waals surface area contributed by atoms with Gasteiger partial charge in [0, 0.05) is 12.2 Å². The van der Waals surface area contributed by atoms with Crippen molar-refractivity contribution in [3.8, 4) is 0 Å². The number of ether oxygens (including phenoxy) is 1. The molecule has 2 saturated heterocycles. The van der Waals surface area contributed by atoms with Crippen LogP contribution in [0.4, 0.5) is 11.9 Å². The van der Waals surface area contributed by atoms with E-state index < -0.39 is 16.9 Å². The molecule has 0 bridgehead atoms. The van der Waals surface area contributed by atoms with E-state index in [0.29, 0.717) is 18.6 Å². The Bertz CT molecular complexity index is 875. The third kappa shape index (κ3) is 3.05. The lowest BCUT2D eigenvalue weighted by molar-refractivity contribution is -0.155. The Labute approximate surface area is 159 Å². The average molecular weight is 386 g/mol. The lowest BCUT2D eigenvalue weighted by atomic mass is 10.0. The molecule has 0 saturated carbocycles. The molecule has 2 fully saturated rings. The maximum absolute atomic E-state index is 12.7. The first-order valence-corrected chi connectivity index (χ1v) is 9.42. The zero-order chi connectivity index (χ0) is 19.0. The van der Waals surface area contributed by atoms with Gasteiger partial charge in [0.15, 0.2) is 12.4 Å². The van der Waals surface area contributed by atoms with E-state index in [0.717, 1.165) is 5.56 Å². The number of amides is 1. The summed E-state index contributed by atoms with van der Waals surface area (Å²) >= 11 is 1.60. The molecule has 0 spiro atoms. The minimum absolute atomic E-state index is 0.0391. The summed E-state index contributed by atoms with van der Waals surface area (Å²) in [6.07, 6.45) is 1.08. The third-order valence-electron chi connectivity index (χ3n) is 4.68. The van der Waals surface area contributed by atoms with Gasteiger partial charge in [0.05, 0.1) is 0 Å². The molecule has 0 radical (unpaired) electrons. The molecule has 10 heteroatoms. The molecule has 4 rings (SSSR count). The van der Waals surface area contributed by atoms with Gasteiger partial charge in [-0.1, -0.05) is 30.3 Å². The Kier molecular flexibility index (Phi) is 4.34. The van der Waals surface area contributed by atoms with Crippen LogP contribution in [0.15, 0.2) is 30.3 Å². The van der Waals surface area contributed by atoms with E-state index in [9.17, 15) is 9.59 Å². The number of thioether (sulfide) groups is 1. The molecule has 0 aliphatic carbocycles. The molecular weight excluding hydrogens is 368 g/mol. The second kappa shape index (κ2) is 6.69. The second-order valence-electron chi connectivity index (χ2n) is 6.32. The number of anilines is 2. The number of rotatable bonds is 4. The molecule has 0 unspecified atom stereocenters. The van der Waals surface area contributed by atoms with E-state index in [2.05, 4.69) is 15.0 Å². The quantitative estimate of drug-likeness (QED) is 0.726. The van der Waals surface area contributed by atoms with Crippen molar-refractivity contribution in [2.24, 2.45) is 0 Å². The number of hydrogen-bond donors (Lipinski definition) is 2. The van der Waals surface area contributed by atoms with Crippen molar-refractivity contribution in [2.45, 2.75) is 30.4 Å². The molecule has 27 heavy (non-hydrogen) atoms. The Morgan fingerprint density at radius 2 is 1.93 bits per heavy atom. The van der Waals surface area contributed by atoms with Gasteiger partial charge < -0.3 is 21.1 Å². The smallest absolute Gasteiger partial charge is 0.330 e. The highest BCUT2D eigenvalue weighted by molar-refractivity contribution is 8.00. The van der Waals surface area contributed by atoms with Gasteiger partial charge in [-0.25, -0.2) is 4.79 Å². The van der Waals surface area contributed by atoms with Crippen molar-refractivity contribution in [1.82, 2.24) is 19.9 Å². The van der Waals surface area contributed by atoms with Crippen molar-refractivity contribution >= 4 is 35.5 Å². The number of nitrogens with two attached hydrogens (primary N) is 2. The van der Waals surface area contributed by atoms with Crippen LogP contribution in [0.3, 0.4) is 0 Å². The Hall–Kier alpha value is -2.88. The third-order valence-corrected chi connectivity index (χ3v) is 6.28. The van der Waals surface area contributed by atoms with Gasteiger partial charge in [-0.2, -0.15) is 15.0 Å². The number of benzene rings is 1. The summed E-state index contributed by atoms with van der Waals surface area (Å²) in [5.74, 6) is 0.0280. The van der Waals surface area contributed by atoms with Gasteiger partial charge in [0.25, 0.3) is 0 Å². The van der Waals surface area contributed by atoms with Crippen molar-refractivity contribution in [3.05, 3.63) is 41.7 Å². The van der Waals surface area contributed by atoms with Crippen molar-refractivity contribution in [1.29, 1.82) is 0 Å². The number of carbonyl (C=O) groups excluding carboxylic acids is 2. The van der Waals surface area contributed by atoms with Crippen LogP contribution in [0.5, 0.6) is 0 Å². The summed E-state index contributed by atoms with van der Waals surface area (Å²) in [5.41, 5.74) is 12.1. The summed E-state index contributed by atoms with van der Waals surface area (Å²) in [7, 11) is 0. The van der Waals surface area contributed by atoms with Crippen molar-refractivity contribution in [3.63, 3.8) is 0 Å². The number of aromatic nitrogens is 3. The minimum atomic E-state index is -0.651.